The first-order valence-electron chi connectivity index (χ1n) is 7.45. The highest BCUT2D eigenvalue weighted by Gasteiger charge is 2.09. The summed E-state index contributed by atoms with van der Waals surface area (Å²) in [5.74, 6) is 0.364. The number of carbonyl (C=O) groups excluding carboxylic acids is 1. The smallest absolute Gasteiger partial charge is 0.258 e. The summed E-state index contributed by atoms with van der Waals surface area (Å²) in [4.78, 5) is 11.9. The molecule has 3 nitrogen and oxygen atoms in total. The maximum absolute atomic E-state index is 11.9. The van der Waals surface area contributed by atoms with Gasteiger partial charge in [-0.3, -0.25) is 4.79 Å². The van der Waals surface area contributed by atoms with E-state index in [0.717, 1.165) is 12.8 Å². The lowest BCUT2D eigenvalue weighted by Crippen LogP contribution is -2.36. The van der Waals surface area contributed by atoms with E-state index in [1.165, 1.54) is 5.56 Å². The predicted molar refractivity (Wildman–Crippen MR) is 94.3 cm³/mol. The number of hydrogen-bond donors (Lipinski definition) is 1. The van der Waals surface area contributed by atoms with Gasteiger partial charge < -0.3 is 10.1 Å². The van der Waals surface area contributed by atoms with Crippen molar-refractivity contribution in [1.82, 2.24) is 5.32 Å². The van der Waals surface area contributed by atoms with Gasteiger partial charge in [0, 0.05) is 12.1 Å². The number of benzene rings is 2. The Kier molecular flexibility index (Phi) is 6.75. The van der Waals surface area contributed by atoms with E-state index in [0.29, 0.717) is 15.8 Å². The summed E-state index contributed by atoms with van der Waals surface area (Å²) < 4.78 is 5.41. The van der Waals surface area contributed by atoms with Crippen LogP contribution in [-0.2, 0) is 11.2 Å². The number of halogens is 2. The molecule has 1 atom stereocenters. The Hall–Kier alpha value is -1.71. The zero-order valence-corrected chi connectivity index (χ0v) is 14.4. The Morgan fingerprint density at radius 3 is 2.57 bits per heavy atom. The molecule has 5 heteroatoms. The van der Waals surface area contributed by atoms with Crippen LogP contribution in [0.4, 0.5) is 0 Å². The Morgan fingerprint density at radius 2 is 1.87 bits per heavy atom. The summed E-state index contributed by atoms with van der Waals surface area (Å²) in [5, 5.41) is 3.78. The molecule has 1 N–H and O–H groups in total. The molecule has 0 aliphatic carbocycles. The van der Waals surface area contributed by atoms with Crippen LogP contribution in [0.25, 0.3) is 0 Å². The number of carbonyl (C=O) groups is 1. The fourth-order valence-electron chi connectivity index (χ4n) is 2.13. The van der Waals surface area contributed by atoms with Crippen LogP contribution < -0.4 is 10.1 Å². The third-order valence-corrected chi connectivity index (χ3v) is 4.12. The fourth-order valence-corrected chi connectivity index (χ4v) is 2.42. The van der Waals surface area contributed by atoms with E-state index in [1.807, 2.05) is 25.1 Å². The molecule has 2 aromatic carbocycles. The Balaban J connectivity index is 1.72. The summed E-state index contributed by atoms with van der Waals surface area (Å²) in [5.41, 5.74) is 1.26. The van der Waals surface area contributed by atoms with Crippen LogP contribution in [0, 0.1) is 0 Å². The number of ether oxygens (including phenoxy) is 1. The summed E-state index contributed by atoms with van der Waals surface area (Å²) >= 11 is 11.7. The first-order chi connectivity index (χ1) is 11.0. The third kappa shape index (κ3) is 6.12. The number of rotatable bonds is 7. The molecular weight excluding hydrogens is 333 g/mol. The van der Waals surface area contributed by atoms with Gasteiger partial charge in [0.05, 0.1) is 10.0 Å². The molecule has 1 amide bonds. The largest absolute Gasteiger partial charge is 0.484 e. The minimum atomic E-state index is -0.156. The molecule has 0 unspecified atom stereocenters. The van der Waals surface area contributed by atoms with Gasteiger partial charge in [0.25, 0.3) is 5.91 Å². The zero-order valence-electron chi connectivity index (χ0n) is 12.9. The summed E-state index contributed by atoms with van der Waals surface area (Å²) in [6.07, 6.45) is 1.80. The van der Waals surface area contributed by atoms with Crippen molar-refractivity contribution in [3.05, 3.63) is 64.1 Å². The van der Waals surface area contributed by atoms with E-state index in [2.05, 4.69) is 17.4 Å². The maximum Gasteiger partial charge on any atom is 0.258 e. The molecule has 0 radical (unpaired) electrons. The van der Waals surface area contributed by atoms with Gasteiger partial charge >= 0.3 is 0 Å². The van der Waals surface area contributed by atoms with E-state index in [9.17, 15) is 4.79 Å². The average Bonchev–Trinajstić information content (AvgIpc) is 2.55. The second-order valence-electron chi connectivity index (χ2n) is 5.36. The quantitative estimate of drug-likeness (QED) is 0.796. The van der Waals surface area contributed by atoms with Gasteiger partial charge in [0.2, 0.25) is 0 Å². The number of aryl methyl sites for hydroxylation is 1. The van der Waals surface area contributed by atoms with Crippen LogP contribution in [0.15, 0.2) is 48.5 Å². The van der Waals surface area contributed by atoms with Crippen molar-refractivity contribution < 1.29 is 9.53 Å². The molecular formula is C18H19Cl2NO2. The fraction of sp³-hybridized carbons (Fsp3) is 0.278. The van der Waals surface area contributed by atoms with Crippen LogP contribution in [0.5, 0.6) is 5.75 Å². The van der Waals surface area contributed by atoms with E-state index >= 15 is 0 Å². The van der Waals surface area contributed by atoms with Crippen molar-refractivity contribution in [2.24, 2.45) is 0 Å². The molecule has 0 saturated carbocycles. The summed E-state index contributed by atoms with van der Waals surface area (Å²) in [7, 11) is 0. The minimum absolute atomic E-state index is 0.0480. The van der Waals surface area contributed by atoms with Gasteiger partial charge in [0.15, 0.2) is 6.61 Å². The van der Waals surface area contributed by atoms with Gasteiger partial charge in [-0.25, -0.2) is 0 Å². The molecule has 0 heterocycles. The molecule has 0 aliphatic heterocycles. The van der Waals surface area contributed by atoms with Crippen LogP contribution in [0.3, 0.4) is 0 Å². The monoisotopic (exact) mass is 351 g/mol. The normalized spacial score (nSPS) is 11.8. The standard InChI is InChI=1S/C18H19Cl2NO2/c1-13(7-8-14-5-3-2-4-6-14)21-18(22)12-23-15-9-10-16(19)17(20)11-15/h2-6,9-11,13H,7-8,12H2,1H3,(H,21,22)/t13-/m1/s1. The first kappa shape index (κ1) is 17.6. The Labute approximate surface area is 146 Å². The lowest BCUT2D eigenvalue weighted by molar-refractivity contribution is -0.123. The Morgan fingerprint density at radius 1 is 1.13 bits per heavy atom. The molecule has 23 heavy (non-hydrogen) atoms. The second kappa shape index (κ2) is 8.80. The second-order valence-corrected chi connectivity index (χ2v) is 6.17. The van der Waals surface area contributed by atoms with E-state index in [1.54, 1.807) is 18.2 Å². The van der Waals surface area contributed by atoms with Gasteiger partial charge in [-0.1, -0.05) is 53.5 Å². The van der Waals surface area contributed by atoms with E-state index in [4.69, 9.17) is 27.9 Å². The molecule has 0 saturated heterocycles. The summed E-state index contributed by atoms with van der Waals surface area (Å²) in [6, 6.07) is 15.2. The number of hydrogen-bond acceptors (Lipinski definition) is 2. The van der Waals surface area contributed by atoms with Crippen molar-refractivity contribution in [2.75, 3.05) is 6.61 Å². The highest BCUT2D eigenvalue weighted by Crippen LogP contribution is 2.26. The lowest BCUT2D eigenvalue weighted by Gasteiger charge is -2.14. The Bertz CT molecular complexity index is 647. The minimum Gasteiger partial charge on any atom is -0.484 e. The van der Waals surface area contributed by atoms with Crippen LogP contribution >= 0.6 is 23.2 Å². The highest BCUT2D eigenvalue weighted by atomic mass is 35.5. The molecule has 122 valence electrons. The zero-order chi connectivity index (χ0) is 16.7. The highest BCUT2D eigenvalue weighted by molar-refractivity contribution is 6.42. The van der Waals surface area contributed by atoms with Crippen LogP contribution in [-0.4, -0.2) is 18.6 Å². The maximum atomic E-state index is 11.9. The van der Waals surface area contributed by atoms with Crippen LogP contribution in [0.1, 0.15) is 18.9 Å². The molecule has 0 bridgehead atoms. The SMILES string of the molecule is C[C@H](CCc1ccccc1)NC(=O)COc1ccc(Cl)c(Cl)c1. The predicted octanol–water partition coefficient (Wildman–Crippen LogP) is 4.51. The van der Waals surface area contributed by atoms with Gasteiger partial charge in [-0.15, -0.1) is 0 Å². The topological polar surface area (TPSA) is 38.3 Å². The molecule has 0 aromatic heterocycles. The molecule has 0 aliphatic rings. The van der Waals surface area contributed by atoms with E-state index < -0.39 is 0 Å². The van der Waals surface area contributed by atoms with Crippen molar-refractivity contribution >= 4 is 29.1 Å². The van der Waals surface area contributed by atoms with Crippen molar-refractivity contribution in [3.63, 3.8) is 0 Å². The van der Waals surface area contributed by atoms with Crippen molar-refractivity contribution in [1.29, 1.82) is 0 Å². The molecule has 0 fully saturated rings. The van der Waals surface area contributed by atoms with E-state index in [-0.39, 0.29) is 18.6 Å². The van der Waals surface area contributed by atoms with Crippen molar-refractivity contribution in [2.45, 2.75) is 25.8 Å². The number of amides is 1. The average molecular weight is 352 g/mol. The van der Waals surface area contributed by atoms with Gasteiger partial charge in [-0.2, -0.15) is 0 Å². The molecule has 0 spiro atoms. The number of nitrogens with one attached hydrogen (secondary N) is 1. The third-order valence-electron chi connectivity index (χ3n) is 3.38. The summed E-state index contributed by atoms with van der Waals surface area (Å²) in [6.45, 7) is 1.94. The van der Waals surface area contributed by atoms with Gasteiger partial charge in [0.1, 0.15) is 5.75 Å². The lowest BCUT2D eigenvalue weighted by atomic mass is 10.1. The van der Waals surface area contributed by atoms with Gasteiger partial charge in [-0.05, 0) is 37.5 Å². The van der Waals surface area contributed by atoms with Crippen molar-refractivity contribution in [3.8, 4) is 5.75 Å². The van der Waals surface area contributed by atoms with Crippen LogP contribution in [0.2, 0.25) is 10.0 Å². The molecule has 2 rings (SSSR count). The first-order valence-corrected chi connectivity index (χ1v) is 8.21. The molecule has 2 aromatic rings.